The molecule has 0 saturated carbocycles. The Morgan fingerprint density at radius 3 is 2.00 bits per heavy atom. The lowest BCUT2D eigenvalue weighted by Crippen LogP contribution is -2.38. The minimum atomic E-state index is -1.66. The first kappa shape index (κ1) is 16.4. The maximum Gasteiger partial charge on any atom is 0.321 e. The number of carbonyl (C=O) groups is 2. The van der Waals surface area contributed by atoms with E-state index in [2.05, 4.69) is 13.2 Å². The Hall–Kier alpha value is -1.58. The summed E-state index contributed by atoms with van der Waals surface area (Å²) in [5.41, 5.74) is 0.297. The zero-order chi connectivity index (χ0) is 14.3. The Morgan fingerprint density at radius 2 is 1.67 bits per heavy atom. The molecule has 0 aliphatic rings. The lowest BCUT2D eigenvalue weighted by molar-refractivity contribution is -0.165. The average molecular weight is 254 g/mol. The van der Waals surface area contributed by atoms with Gasteiger partial charge < -0.3 is 10.2 Å². The average Bonchev–Trinajstić information content (AvgIpc) is 2.22. The van der Waals surface area contributed by atoms with E-state index < -0.39 is 17.4 Å². The Balaban J connectivity index is 4.47. The molecule has 0 aliphatic heterocycles. The van der Waals surface area contributed by atoms with E-state index in [1.54, 1.807) is 6.92 Å². The molecule has 0 bridgehead atoms. The number of hydrogen-bond donors (Lipinski definition) is 2. The minimum absolute atomic E-state index is 0.0879. The molecular weight excluding hydrogens is 232 g/mol. The van der Waals surface area contributed by atoms with E-state index in [9.17, 15) is 9.59 Å². The third kappa shape index (κ3) is 4.35. The summed E-state index contributed by atoms with van der Waals surface area (Å²) in [6, 6.07) is 0. The molecule has 0 radical (unpaired) electrons. The largest absolute Gasteiger partial charge is 0.480 e. The van der Waals surface area contributed by atoms with Gasteiger partial charge in [-0.15, -0.1) is 0 Å². The van der Waals surface area contributed by atoms with Gasteiger partial charge in [0.25, 0.3) is 0 Å². The monoisotopic (exact) mass is 254 g/mol. The van der Waals surface area contributed by atoms with Crippen molar-refractivity contribution >= 4 is 11.9 Å². The second-order valence-corrected chi connectivity index (χ2v) is 4.78. The van der Waals surface area contributed by atoms with Crippen molar-refractivity contribution in [3.8, 4) is 0 Å². The zero-order valence-electron chi connectivity index (χ0n) is 11.2. The summed E-state index contributed by atoms with van der Waals surface area (Å²) in [7, 11) is 0. The van der Waals surface area contributed by atoms with Crippen LogP contribution in [0.25, 0.3) is 0 Å². The fourth-order valence-electron chi connectivity index (χ4n) is 1.94. The predicted octanol–water partition coefficient (Wildman–Crippen LogP) is 3.24. The van der Waals surface area contributed by atoms with Crippen molar-refractivity contribution in [3.63, 3.8) is 0 Å². The van der Waals surface area contributed by atoms with Crippen LogP contribution in [0.2, 0.25) is 0 Å². The highest BCUT2D eigenvalue weighted by Gasteiger charge is 2.44. The zero-order valence-corrected chi connectivity index (χ0v) is 11.2. The van der Waals surface area contributed by atoms with Crippen LogP contribution in [0.1, 0.15) is 46.0 Å². The van der Waals surface area contributed by atoms with Gasteiger partial charge in [0.1, 0.15) is 0 Å². The summed E-state index contributed by atoms with van der Waals surface area (Å²) < 4.78 is 0. The first-order valence-corrected chi connectivity index (χ1v) is 6.04. The fourth-order valence-corrected chi connectivity index (χ4v) is 1.94. The highest BCUT2D eigenvalue weighted by atomic mass is 16.4. The third-order valence-electron chi connectivity index (χ3n) is 3.11. The first-order valence-electron chi connectivity index (χ1n) is 6.04. The van der Waals surface area contributed by atoms with Crippen molar-refractivity contribution in [3.05, 3.63) is 24.3 Å². The van der Waals surface area contributed by atoms with Crippen molar-refractivity contribution in [1.29, 1.82) is 0 Å². The van der Waals surface area contributed by atoms with E-state index >= 15 is 0 Å². The number of hydrogen-bond acceptors (Lipinski definition) is 2. The van der Waals surface area contributed by atoms with Crippen molar-refractivity contribution in [2.24, 2.45) is 5.41 Å². The molecule has 0 atom stereocenters. The Bertz CT molecular complexity index is 341. The lowest BCUT2D eigenvalue weighted by Gasteiger charge is -2.23. The fraction of sp³-hybridized carbons (Fsp3) is 0.571. The van der Waals surface area contributed by atoms with Crippen LogP contribution in [0.3, 0.4) is 0 Å². The Morgan fingerprint density at radius 1 is 1.17 bits per heavy atom. The number of allylic oxidation sites excluding steroid dienone is 2. The van der Waals surface area contributed by atoms with Crippen molar-refractivity contribution in [2.45, 2.75) is 46.0 Å². The van der Waals surface area contributed by atoms with Gasteiger partial charge in [0.05, 0.1) is 0 Å². The van der Waals surface area contributed by atoms with Gasteiger partial charge in [0.2, 0.25) is 0 Å². The molecule has 0 aromatic carbocycles. The van der Waals surface area contributed by atoms with Crippen LogP contribution in [0.15, 0.2) is 24.3 Å². The number of aliphatic carboxylic acids is 2. The molecule has 18 heavy (non-hydrogen) atoms. The standard InChI is InChI=1S/C14H22O4/c1-5-14(12(15)16,13(17)18)8-6-7-11(4)9-10(2)3/h2,4-9H2,1,3H3,(H,15,16)(H,17,18). The minimum Gasteiger partial charge on any atom is -0.480 e. The lowest BCUT2D eigenvalue weighted by atomic mass is 9.80. The van der Waals surface area contributed by atoms with E-state index in [0.717, 1.165) is 11.1 Å². The van der Waals surface area contributed by atoms with Gasteiger partial charge >= 0.3 is 11.9 Å². The van der Waals surface area contributed by atoms with E-state index in [1.165, 1.54) is 0 Å². The SMILES string of the molecule is C=C(C)CC(=C)CCCC(CC)(C(=O)O)C(=O)O. The summed E-state index contributed by atoms with van der Waals surface area (Å²) in [6.45, 7) is 11.1. The Kier molecular flexibility index (Phi) is 6.37. The summed E-state index contributed by atoms with van der Waals surface area (Å²) in [4.78, 5) is 22.3. The van der Waals surface area contributed by atoms with Gasteiger partial charge in [-0.05, 0) is 39.0 Å². The second-order valence-electron chi connectivity index (χ2n) is 4.78. The molecule has 0 unspecified atom stereocenters. The highest BCUT2D eigenvalue weighted by molar-refractivity contribution is 5.98. The second kappa shape index (κ2) is 6.99. The van der Waals surface area contributed by atoms with Gasteiger partial charge in [0, 0.05) is 0 Å². The molecule has 2 N–H and O–H groups in total. The van der Waals surface area contributed by atoms with Crippen molar-refractivity contribution in [2.75, 3.05) is 0 Å². The molecule has 0 aromatic heterocycles. The van der Waals surface area contributed by atoms with E-state index in [1.807, 2.05) is 6.92 Å². The van der Waals surface area contributed by atoms with Crippen LogP contribution in [0, 0.1) is 5.41 Å². The van der Waals surface area contributed by atoms with Crippen LogP contribution in [0.4, 0.5) is 0 Å². The van der Waals surface area contributed by atoms with Crippen LogP contribution in [-0.2, 0) is 9.59 Å². The molecule has 0 heterocycles. The molecule has 0 fully saturated rings. The van der Waals surface area contributed by atoms with Gasteiger partial charge in [-0.1, -0.05) is 31.2 Å². The number of carboxylic acid groups (broad SMARTS) is 2. The van der Waals surface area contributed by atoms with E-state index in [4.69, 9.17) is 10.2 Å². The van der Waals surface area contributed by atoms with Gasteiger partial charge in [-0.2, -0.15) is 0 Å². The van der Waals surface area contributed by atoms with Crippen LogP contribution >= 0.6 is 0 Å². The molecule has 102 valence electrons. The van der Waals surface area contributed by atoms with Crippen molar-refractivity contribution in [1.82, 2.24) is 0 Å². The van der Waals surface area contributed by atoms with Crippen LogP contribution in [0.5, 0.6) is 0 Å². The van der Waals surface area contributed by atoms with Gasteiger partial charge in [0.15, 0.2) is 5.41 Å². The first-order chi connectivity index (χ1) is 8.26. The number of rotatable bonds is 9. The number of carboxylic acids is 2. The van der Waals surface area contributed by atoms with Crippen LogP contribution in [-0.4, -0.2) is 22.2 Å². The summed E-state index contributed by atoms with van der Waals surface area (Å²) in [5, 5.41) is 18.2. The summed E-state index contributed by atoms with van der Waals surface area (Å²) in [5.74, 6) is -2.52. The highest BCUT2D eigenvalue weighted by Crippen LogP contribution is 2.30. The predicted molar refractivity (Wildman–Crippen MR) is 70.4 cm³/mol. The quantitative estimate of drug-likeness (QED) is 0.489. The Labute approximate surface area is 108 Å². The van der Waals surface area contributed by atoms with Gasteiger partial charge in [-0.3, -0.25) is 9.59 Å². The summed E-state index contributed by atoms with van der Waals surface area (Å²) in [6.07, 6.45) is 2.07. The van der Waals surface area contributed by atoms with E-state index in [-0.39, 0.29) is 12.8 Å². The molecule has 0 saturated heterocycles. The summed E-state index contributed by atoms with van der Waals surface area (Å²) >= 11 is 0. The smallest absolute Gasteiger partial charge is 0.321 e. The molecular formula is C14H22O4. The van der Waals surface area contributed by atoms with Gasteiger partial charge in [-0.25, -0.2) is 0 Å². The molecule has 0 spiro atoms. The van der Waals surface area contributed by atoms with Crippen molar-refractivity contribution < 1.29 is 19.8 Å². The molecule has 4 heteroatoms. The molecule has 0 rings (SSSR count). The molecule has 4 nitrogen and oxygen atoms in total. The van der Waals surface area contributed by atoms with E-state index in [0.29, 0.717) is 19.3 Å². The topological polar surface area (TPSA) is 74.6 Å². The maximum absolute atomic E-state index is 11.1. The van der Waals surface area contributed by atoms with Crippen LogP contribution < -0.4 is 0 Å². The maximum atomic E-state index is 11.1. The third-order valence-corrected chi connectivity index (χ3v) is 3.11. The molecule has 0 aromatic rings. The molecule has 0 amide bonds. The molecule has 0 aliphatic carbocycles. The normalized spacial score (nSPS) is 11.0.